The Bertz CT molecular complexity index is 399. The first-order valence-corrected chi connectivity index (χ1v) is 7.84. The van der Waals surface area contributed by atoms with Crippen LogP contribution in [0.2, 0.25) is 0 Å². The van der Waals surface area contributed by atoms with E-state index in [4.69, 9.17) is 0 Å². The van der Waals surface area contributed by atoms with Crippen molar-refractivity contribution in [2.24, 2.45) is 0 Å². The van der Waals surface area contributed by atoms with Crippen LogP contribution in [0, 0.1) is 0 Å². The molecule has 0 spiro atoms. The number of hydrogen-bond acceptors (Lipinski definition) is 2. The van der Waals surface area contributed by atoms with Crippen LogP contribution in [0.3, 0.4) is 0 Å². The van der Waals surface area contributed by atoms with Gasteiger partial charge in [0.15, 0.2) is 0 Å². The molecule has 1 aliphatic rings. The lowest BCUT2D eigenvalue weighted by Crippen LogP contribution is -2.34. The molecular weight excluding hydrogens is 248 g/mol. The monoisotopic (exact) mass is 274 g/mol. The molecule has 0 atom stereocenters. The number of rotatable bonds is 7. The Balaban J connectivity index is 1.73. The molecule has 0 aromatic heterocycles. The van der Waals surface area contributed by atoms with Gasteiger partial charge in [-0.15, -0.1) is 0 Å². The van der Waals surface area contributed by atoms with Crippen molar-refractivity contribution < 1.29 is 4.79 Å². The number of benzene rings is 1. The molecule has 20 heavy (non-hydrogen) atoms. The molecular formula is C17H26N2O. The van der Waals surface area contributed by atoms with E-state index in [-0.39, 0.29) is 5.91 Å². The summed E-state index contributed by atoms with van der Waals surface area (Å²) in [7, 11) is 0. The standard InChI is InChI=1S/C17H26N2O/c1-2-19(14-15-8-4-3-5-9-15)17(20)12-13-18-16-10-6-7-11-16/h3-5,8-9,16,18H,2,6-7,10-14H2,1H3. The molecule has 1 N–H and O–H groups in total. The Morgan fingerprint density at radius 1 is 1.25 bits per heavy atom. The smallest absolute Gasteiger partial charge is 0.224 e. The first-order chi connectivity index (χ1) is 9.79. The summed E-state index contributed by atoms with van der Waals surface area (Å²) < 4.78 is 0. The second-order valence-electron chi connectivity index (χ2n) is 5.58. The Hall–Kier alpha value is -1.35. The second-order valence-corrected chi connectivity index (χ2v) is 5.58. The van der Waals surface area contributed by atoms with Crippen LogP contribution in [0.5, 0.6) is 0 Å². The summed E-state index contributed by atoms with van der Waals surface area (Å²) in [6, 6.07) is 10.9. The minimum absolute atomic E-state index is 0.252. The summed E-state index contributed by atoms with van der Waals surface area (Å²) in [6.45, 7) is 4.36. The molecule has 0 bridgehead atoms. The Kier molecular flexibility index (Phi) is 6.06. The third-order valence-electron chi connectivity index (χ3n) is 4.08. The van der Waals surface area contributed by atoms with Gasteiger partial charge in [0.05, 0.1) is 0 Å². The number of nitrogens with one attached hydrogen (secondary N) is 1. The third kappa shape index (κ3) is 4.64. The highest BCUT2D eigenvalue weighted by Gasteiger charge is 2.16. The first-order valence-electron chi connectivity index (χ1n) is 7.84. The van der Waals surface area contributed by atoms with Crippen LogP contribution in [0.25, 0.3) is 0 Å². The maximum absolute atomic E-state index is 12.2. The summed E-state index contributed by atoms with van der Waals surface area (Å²) in [5.74, 6) is 0.252. The summed E-state index contributed by atoms with van der Waals surface area (Å²) in [6.07, 6.45) is 5.82. The largest absolute Gasteiger partial charge is 0.339 e. The van der Waals surface area contributed by atoms with E-state index in [1.807, 2.05) is 30.0 Å². The summed E-state index contributed by atoms with van der Waals surface area (Å²) in [5, 5.41) is 3.51. The predicted octanol–water partition coefficient (Wildman–Crippen LogP) is 2.96. The molecule has 0 radical (unpaired) electrons. The molecule has 1 amide bonds. The lowest BCUT2D eigenvalue weighted by molar-refractivity contribution is -0.131. The molecule has 0 saturated heterocycles. The molecule has 1 saturated carbocycles. The van der Waals surface area contributed by atoms with Crippen molar-refractivity contribution in [3.05, 3.63) is 35.9 Å². The minimum atomic E-state index is 0.252. The van der Waals surface area contributed by atoms with Gasteiger partial charge in [-0.2, -0.15) is 0 Å². The zero-order valence-electron chi connectivity index (χ0n) is 12.5. The lowest BCUT2D eigenvalue weighted by atomic mass is 10.2. The highest BCUT2D eigenvalue weighted by Crippen LogP contribution is 2.17. The molecule has 3 heteroatoms. The summed E-state index contributed by atoms with van der Waals surface area (Å²) in [4.78, 5) is 14.2. The van der Waals surface area contributed by atoms with Gasteiger partial charge in [-0.1, -0.05) is 43.2 Å². The topological polar surface area (TPSA) is 32.3 Å². The fourth-order valence-electron chi connectivity index (χ4n) is 2.85. The van der Waals surface area contributed by atoms with Crippen molar-refractivity contribution in [1.29, 1.82) is 0 Å². The van der Waals surface area contributed by atoms with Gasteiger partial charge in [-0.25, -0.2) is 0 Å². The van der Waals surface area contributed by atoms with Crippen LogP contribution in [-0.2, 0) is 11.3 Å². The molecule has 1 aromatic rings. The second kappa shape index (κ2) is 8.05. The predicted molar refractivity (Wildman–Crippen MR) is 82.4 cm³/mol. The van der Waals surface area contributed by atoms with Gasteiger partial charge in [0.1, 0.15) is 0 Å². The lowest BCUT2D eigenvalue weighted by Gasteiger charge is -2.21. The molecule has 0 heterocycles. The Morgan fingerprint density at radius 3 is 2.60 bits per heavy atom. The van der Waals surface area contributed by atoms with Crippen LogP contribution < -0.4 is 5.32 Å². The zero-order valence-corrected chi connectivity index (χ0v) is 12.5. The van der Waals surface area contributed by atoms with Gasteiger partial charge in [0.25, 0.3) is 0 Å². The maximum atomic E-state index is 12.2. The van der Waals surface area contributed by atoms with Gasteiger partial charge in [-0.05, 0) is 25.3 Å². The average molecular weight is 274 g/mol. The van der Waals surface area contributed by atoms with E-state index in [1.54, 1.807) is 0 Å². The van der Waals surface area contributed by atoms with Gasteiger partial charge in [0, 0.05) is 32.1 Å². The van der Waals surface area contributed by atoms with E-state index in [0.717, 1.165) is 19.6 Å². The summed E-state index contributed by atoms with van der Waals surface area (Å²) >= 11 is 0. The van der Waals surface area contributed by atoms with Crippen LogP contribution in [0.15, 0.2) is 30.3 Å². The van der Waals surface area contributed by atoms with E-state index in [9.17, 15) is 4.79 Å². The molecule has 1 aliphatic carbocycles. The van der Waals surface area contributed by atoms with Gasteiger partial charge in [0.2, 0.25) is 5.91 Å². The molecule has 2 rings (SSSR count). The fraction of sp³-hybridized carbons (Fsp3) is 0.588. The van der Waals surface area contributed by atoms with Gasteiger partial charge >= 0.3 is 0 Å². The van der Waals surface area contributed by atoms with E-state index >= 15 is 0 Å². The Labute approximate surface area is 122 Å². The summed E-state index contributed by atoms with van der Waals surface area (Å²) in [5.41, 5.74) is 1.20. The van der Waals surface area contributed by atoms with Crippen LogP contribution in [0.4, 0.5) is 0 Å². The average Bonchev–Trinajstić information content (AvgIpc) is 2.99. The van der Waals surface area contributed by atoms with E-state index < -0.39 is 0 Å². The van der Waals surface area contributed by atoms with E-state index in [2.05, 4.69) is 17.4 Å². The van der Waals surface area contributed by atoms with Gasteiger partial charge in [-0.3, -0.25) is 4.79 Å². The highest BCUT2D eigenvalue weighted by molar-refractivity contribution is 5.76. The molecule has 0 aliphatic heterocycles. The maximum Gasteiger partial charge on any atom is 0.224 e. The molecule has 1 aromatic carbocycles. The fourth-order valence-corrected chi connectivity index (χ4v) is 2.85. The van der Waals surface area contributed by atoms with Crippen LogP contribution in [0.1, 0.15) is 44.6 Å². The quantitative estimate of drug-likeness (QED) is 0.829. The Morgan fingerprint density at radius 2 is 1.95 bits per heavy atom. The van der Waals surface area contributed by atoms with Crippen LogP contribution >= 0.6 is 0 Å². The zero-order chi connectivity index (χ0) is 14.2. The van der Waals surface area contributed by atoms with Gasteiger partial charge < -0.3 is 10.2 Å². The van der Waals surface area contributed by atoms with Crippen molar-refractivity contribution >= 4 is 5.91 Å². The molecule has 1 fully saturated rings. The van der Waals surface area contributed by atoms with E-state index in [1.165, 1.54) is 31.2 Å². The van der Waals surface area contributed by atoms with Crippen molar-refractivity contribution in [1.82, 2.24) is 10.2 Å². The third-order valence-corrected chi connectivity index (χ3v) is 4.08. The number of carbonyl (C=O) groups excluding carboxylic acids is 1. The normalized spacial score (nSPS) is 15.4. The molecule has 3 nitrogen and oxygen atoms in total. The number of amides is 1. The number of carbonyl (C=O) groups is 1. The van der Waals surface area contributed by atoms with E-state index in [0.29, 0.717) is 12.5 Å². The molecule has 0 unspecified atom stereocenters. The highest BCUT2D eigenvalue weighted by atomic mass is 16.2. The van der Waals surface area contributed by atoms with Crippen LogP contribution in [-0.4, -0.2) is 29.9 Å². The van der Waals surface area contributed by atoms with Crippen molar-refractivity contribution in [2.75, 3.05) is 13.1 Å². The van der Waals surface area contributed by atoms with Crippen molar-refractivity contribution in [2.45, 2.75) is 51.6 Å². The van der Waals surface area contributed by atoms with Crippen molar-refractivity contribution in [3.8, 4) is 0 Å². The number of hydrogen-bond donors (Lipinski definition) is 1. The first kappa shape index (κ1) is 15.0. The SMILES string of the molecule is CCN(Cc1ccccc1)C(=O)CCNC1CCCC1. The van der Waals surface area contributed by atoms with Crippen molar-refractivity contribution in [3.63, 3.8) is 0 Å². The minimum Gasteiger partial charge on any atom is -0.339 e. The number of nitrogens with zero attached hydrogens (tertiary/aromatic N) is 1. The molecule has 110 valence electrons.